The van der Waals surface area contributed by atoms with E-state index in [9.17, 15) is 4.79 Å². The lowest BCUT2D eigenvalue weighted by Gasteiger charge is -2.37. The molecule has 3 aromatic rings. The normalized spacial score (nSPS) is 20.4. The zero-order valence-corrected chi connectivity index (χ0v) is 21.1. The van der Waals surface area contributed by atoms with Crippen molar-refractivity contribution in [2.24, 2.45) is 11.8 Å². The number of para-hydroxylation sites is 1. The van der Waals surface area contributed by atoms with Crippen molar-refractivity contribution >= 4 is 17.4 Å². The van der Waals surface area contributed by atoms with Crippen LogP contribution in [0.25, 0.3) is 0 Å². The van der Waals surface area contributed by atoms with E-state index in [-0.39, 0.29) is 5.91 Å². The number of rotatable bonds is 8. The number of piperazine rings is 1. The number of pyridine rings is 1. The highest BCUT2D eigenvalue weighted by atomic mass is 16.5. The largest absolute Gasteiger partial charge is 0.367 e. The Balaban J connectivity index is 1.13. The first-order valence-electron chi connectivity index (χ1n) is 13.0. The lowest BCUT2D eigenvalue weighted by Crippen LogP contribution is -2.50. The van der Waals surface area contributed by atoms with Gasteiger partial charge in [0.05, 0.1) is 12.2 Å². The molecule has 8 heteroatoms. The number of carbonyl (C=O) groups is 1. The third kappa shape index (κ3) is 6.05. The number of amides is 1. The molecule has 1 amide bonds. The van der Waals surface area contributed by atoms with Crippen LogP contribution in [0.15, 0.2) is 65.3 Å². The van der Waals surface area contributed by atoms with Crippen molar-refractivity contribution in [2.45, 2.75) is 25.8 Å². The van der Waals surface area contributed by atoms with Crippen LogP contribution < -0.4 is 15.1 Å². The lowest BCUT2D eigenvalue weighted by atomic mass is 9.81. The topological polar surface area (TPSA) is 77.7 Å². The minimum absolute atomic E-state index is 0.276. The summed E-state index contributed by atoms with van der Waals surface area (Å²) in [5, 5.41) is 7.88. The molecule has 2 aromatic heterocycles. The Morgan fingerprint density at radius 3 is 2.67 bits per heavy atom. The van der Waals surface area contributed by atoms with Crippen molar-refractivity contribution in [3.63, 3.8) is 0 Å². The van der Waals surface area contributed by atoms with Gasteiger partial charge in [0, 0.05) is 57.6 Å². The summed E-state index contributed by atoms with van der Waals surface area (Å²) in [6.07, 6.45) is 4.28. The smallest absolute Gasteiger partial charge is 0.222 e. The highest BCUT2D eigenvalue weighted by molar-refractivity contribution is 5.76. The SMILES string of the molecule is CN(Cc1cc(C[C@H]2CNCC[C@H]2CC(=O)N2CCN(c3ccccn3)CC2)no1)c1ccccc1. The highest BCUT2D eigenvalue weighted by Gasteiger charge is 2.31. The van der Waals surface area contributed by atoms with Crippen molar-refractivity contribution in [1.82, 2.24) is 20.4 Å². The van der Waals surface area contributed by atoms with E-state index in [0.717, 1.165) is 75.1 Å². The molecule has 0 aliphatic carbocycles. The summed E-state index contributed by atoms with van der Waals surface area (Å²) in [6, 6.07) is 18.3. The Kier molecular flexibility index (Phi) is 7.81. The zero-order valence-electron chi connectivity index (χ0n) is 21.1. The zero-order chi connectivity index (χ0) is 24.7. The molecule has 2 fully saturated rings. The first-order chi connectivity index (χ1) is 17.7. The summed E-state index contributed by atoms with van der Waals surface area (Å²) in [6.45, 7) is 5.73. The van der Waals surface area contributed by atoms with Gasteiger partial charge in [0.15, 0.2) is 5.76 Å². The minimum atomic E-state index is 0.276. The number of piperidine rings is 1. The summed E-state index contributed by atoms with van der Waals surface area (Å²) in [7, 11) is 2.06. The van der Waals surface area contributed by atoms with Crippen LogP contribution in [0.1, 0.15) is 24.3 Å². The van der Waals surface area contributed by atoms with E-state index in [4.69, 9.17) is 4.52 Å². The molecule has 2 saturated heterocycles. The number of nitrogens with zero attached hydrogens (tertiary/aromatic N) is 5. The molecule has 1 N–H and O–H groups in total. The van der Waals surface area contributed by atoms with Gasteiger partial charge in [-0.15, -0.1) is 0 Å². The van der Waals surface area contributed by atoms with Crippen LogP contribution in [0.5, 0.6) is 0 Å². The van der Waals surface area contributed by atoms with Gasteiger partial charge < -0.3 is 24.5 Å². The van der Waals surface area contributed by atoms with E-state index >= 15 is 0 Å². The van der Waals surface area contributed by atoms with Gasteiger partial charge in [-0.05, 0) is 62.0 Å². The van der Waals surface area contributed by atoms with Crippen LogP contribution in [0.3, 0.4) is 0 Å². The van der Waals surface area contributed by atoms with Crippen LogP contribution in [-0.4, -0.2) is 67.3 Å². The number of aromatic nitrogens is 2. The maximum absolute atomic E-state index is 13.2. The predicted molar refractivity (Wildman–Crippen MR) is 141 cm³/mol. The molecule has 0 bridgehead atoms. The van der Waals surface area contributed by atoms with E-state index in [1.54, 1.807) is 0 Å². The molecule has 2 aliphatic rings. The van der Waals surface area contributed by atoms with Gasteiger partial charge in [-0.3, -0.25) is 4.79 Å². The van der Waals surface area contributed by atoms with Gasteiger partial charge in [0.2, 0.25) is 5.91 Å². The van der Waals surface area contributed by atoms with E-state index in [1.165, 1.54) is 0 Å². The molecule has 2 atom stereocenters. The van der Waals surface area contributed by atoms with Crippen molar-refractivity contribution in [2.75, 3.05) is 56.1 Å². The molecule has 36 heavy (non-hydrogen) atoms. The van der Waals surface area contributed by atoms with E-state index in [2.05, 4.69) is 50.5 Å². The summed E-state index contributed by atoms with van der Waals surface area (Å²) >= 11 is 0. The maximum Gasteiger partial charge on any atom is 0.222 e. The first-order valence-corrected chi connectivity index (χ1v) is 13.0. The van der Waals surface area contributed by atoms with Gasteiger partial charge in [-0.25, -0.2) is 4.98 Å². The number of anilines is 2. The Hall–Kier alpha value is -3.39. The summed E-state index contributed by atoms with van der Waals surface area (Å²) in [5.41, 5.74) is 2.12. The average molecular weight is 489 g/mol. The molecule has 1 aromatic carbocycles. The maximum atomic E-state index is 13.2. The number of carbonyl (C=O) groups excluding carboxylic acids is 1. The molecular weight excluding hydrogens is 452 g/mol. The van der Waals surface area contributed by atoms with Crippen LogP contribution in [0.2, 0.25) is 0 Å². The van der Waals surface area contributed by atoms with Gasteiger partial charge in [-0.1, -0.05) is 29.4 Å². The van der Waals surface area contributed by atoms with Gasteiger partial charge in [-0.2, -0.15) is 0 Å². The van der Waals surface area contributed by atoms with Crippen LogP contribution >= 0.6 is 0 Å². The molecule has 0 unspecified atom stereocenters. The highest BCUT2D eigenvalue weighted by Crippen LogP contribution is 2.28. The second kappa shape index (κ2) is 11.6. The number of hydrogen-bond donors (Lipinski definition) is 1. The molecule has 4 heterocycles. The molecule has 190 valence electrons. The Morgan fingerprint density at radius 1 is 1.08 bits per heavy atom. The second-order valence-electron chi connectivity index (χ2n) is 9.95. The molecule has 8 nitrogen and oxygen atoms in total. The van der Waals surface area contributed by atoms with Crippen LogP contribution in [0, 0.1) is 11.8 Å². The Labute approximate surface area is 213 Å². The summed E-state index contributed by atoms with van der Waals surface area (Å²) in [4.78, 5) is 24.1. The fraction of sp³-hybridized carbons (Fsp3) is 0.464. The standard InChI is InChI=1S/C28H36N6O2/c1-32(25-7-3-2-4-8-25)21-26-19-24(31-36-26)17-23-20-29-12-10-22(23)18-28(35)34-15-13-33(14-16-34)27-9-5-6-11-30-27/h2-9,11,19,22-23,29H,10,12-18,20-21H2,1H3/t22-,23-/m0/s1. The molecular formula is C28H36N6O2. The molecule has 5 rings (SSSR count). The third-order valence-electron chi connectivity index (χ3n) is 7.48. The van der Waals surface area contributed by atoms with E-state index in [1.807, 2.05) is 47.5 Å². The van der Waals surface area contributed by atoms with E-state index < -0.39 is 0 Å². The van der Waals surface area contributed by atoms with Crippen molar-refractivity contribution < 1.29 is 9.32 Å². The van der Waals surface area contributed by atoms with Crippen molar-refractivity contribution in [1.29, 1.82) is 0 Å². The average Bonchev–Trinajstić information content (AvgIpc) is 3.37. The number of benzene rings is 1. The van der Waals surface area contributed by atoms with Crippen molar-refractivity contribution in [3.05, 3.63) is 72.2 Å². The van der Waals surface area contributed by atoms with E-state index in [0.29, 0.717) is 24.8 Å². The molecule has 0 spiro atoms. The Bertz CT molecular complexity index is 1100. The second-order valence-corrected chi connectivity index (χ2v) is 9.95. The van der Waals surface area contributed by atoms with Crippen LogP contribution in [0.4, 0.5) is 11.5 Å². The fourth-order valence-corrected chi connectivity index (χ4v) is 5.37. The molecule has 0 radical (unpaired) electrons. The molecule has 2 aliphatic heterocycles. The summed E-state index contributed by atoms with van der Waals surface area (Å²) < 4.78 is 5.66. The van der Waals surface area contributed by atoms with Crippen LogP contribution in [-0.2, 0) is 17.8 Å². The number of hydrogen-bond acceptors (Lipinski definition) is 7. The first kappa shape index (κ1) is 24.3. The lowest BCUT2D eigenvalue weighted by molar-refractivity contribution is -0.133. The quantitative estimate of drug-likeness (QED) is 0.522. The molecule has 0 saturated carbocycles. The fourth-order valence-electron chi connectivity index (χ4n) is 5.37. The predicted octanol–water partition coefficient (Wildman–Crippen LogP) is 3.21. The van der Waals surface area contributed by atoms with Gasteiger partial charge in [0.1, 0.15) is 5.82 Å². The minimum Gasteiger partial charge on any atom is -0.367 e. The van der Waals surface area contributed by atoms with Gasteiger partial charge in [0.25, 0.3) is 0 Å². The third-order valence-corrected chi connectivity index (χ3v) is 7.48. The monoisotopic (exact) mass is 488 g/mol. The summed E-state index contributed by atoms with van der Waals surface area (Å²) in [5.74, 6) is 2.86. The number of nitrogens with one attached hydrogen (secondary N) is 1. The Morgan fingerprint density at radius 2 is 1.89 bits per heavy atom. The van der Waals surface area contributed by atoms with Crippen molar-refractivity contribution in [3.8, 4) is 0 Å². The van der Waals surface area contributed by atoms with Gasteiger partial charge >= 0.3 is 0 Å².